The highest BCUT2D eigenvalue weighted by atomic mass is 31.2. The van der Waals surface area contributed by atoms with Crippen LogP contribution in [0.4, 0.5) is 19.1 Å². The van der Waals surface area contributed by atoms with Gasteiger partial charge >= 0.3 is 13.8 Å². The lowest BCUT2D eigenvalue weighted by atomic mass is 10.3. The number of ether oxygens (including phenoxy) is 1. The van der Waals surface area contributed by atoms with Gasteiger partial charge in [-0.15, -0.1) is 0 Å². The van der Waals surface area contributed by atoms with Crippen molar-refractivity contribution >= 4 is 24.7 Å². The van der Waals surface area contributed by atoms with Gasteiger partial charge in [-0.1, -0.05) is 0 Å². The van der Waals surface area contributed by atoms with Crippen LogP contribution >= 0.6 is 7.60 Å². The summed E-state index contributed by atoms with van der Waals surface area (Å²) in [5.41, 5.74) is -0.954. The highest BCUT2D eigenvalue weighted by molar-refractivity contribution is 7.51. The monoisotopic (exact) mass is 371 g/mol. The summed E-state index contributed by atoms with van der Waals surface area (Å²) in [5.74, 6) is 0.0222. The van der Waals surface area contributed by atoms with Crippen molar-refractivity contribution in [3.63, 3.8) is 0 Å². The number of hydrogen-bond donors (Lipinski definition) is 4. The van der Waals surface area contributed by atoms with Gasteiger partial charge in [-0.05, 0) is 0 Å². The zero-order valence-electron chi connectivity index (χ0n) is 12.1. The van der Waals surface area contributed by atoms with Crippen LogP contribution in [-0.2, 0) is 15.8 Å². The van der Waals surface area contributed by atoms with E-state index < -0.39 is 38.3 Å². The van der Waals surface area contributed by atoms with E-state index in [1.54, 1.807) is 0 Å². The minimum atomic E-state index is -4.89. The van der Waals surface area contributed by atoms with Gasteiger partial charge in [-0.25, -0.2) is 4.98 Å². The number of alkyl halides is 3. The number of H-pyrrole nitrogens is 1. The molecular formula is C10H13F3N5O5P. The van der Waals surface area contributed by atoms with E-state index in [-0.39, 0.29) is 17.1 Å². The van der Waals surface area contributed by atoms with Gasteiger partial charge < -0.3 is 24.4 Å². The molecule has 0 fully saturated rings. The number of nitrogens with one attached hydrogen (secondary N) is 2. The number of anilines is 1. The van der Waals surface area contributed by atoms with E-state index in [9.17, 15) is 22.5 Å². The maximum atomic E-state index is 13.0. The SMILES string of the molecule is CNc1nc2c(ncn2CC(OCP(=O)(O)O)C(F)(F)F)c(=O)[nH]1. The summed E-state index contributed by atoms with van der Waals surface area (Å²) in [5, 5.41) is 2.54. The summed E-state index contributed by atoms with van der Waals surface area (Å²) in [6, 6.07) is 0. The van der Waals surface area contributed by atoms with E-state index in [2.05, 4.69) is 25.0 Å². The average Bonchev–Trinajstić information content (AvgIpc) is 2.84. The van der Waals surface area contributed by atoms with Gasteiger partial charge in [0.25, 0.3) is 5.56 Å². The predicted molar refractivity (Wildman–Crippen MR) is 75.5 cm³/mol. The van der Waals surface area contributed by atoms with Crippen molar-refractivity contribution in [2.45, 2.75) is 18.8 Å². The number of nitrogens with zero attached hydrogens (tertiary/aromatic N) is 3. The van der Waals surface area contributed by atoms with E-state index in [4.69, 9.17) is 9.79 Å². The Labute approximate surface area is 131 Å². The molecule has 0 radical (unpaired) electrons. The first kappa shape index (κ1) is 18.4. The molecule has 14 heteroatoms. The molecule has 24 heavy (non-hydrogen) atoms. The molecule has 0 aliphatic rings. The Morgan fingerprint density at radius 2 is 2.17 bits per heavy atom. The van der Waals surface area contributed by atoms with Gasteiger partial charge in [-0.3, -0.25) is 14.3 Å². The van der Waals surface area contributed by atoms with Crippen LogP contribution in [0.25, 0.3) is 11.2 Å². The van der Waals surface area contributed by atoms with Crippen LogP contribution in [0.5, 0.6) is 0 Å². The summed E-state index contributed by atoms with van der Waals surface area (Å²) in [4.78, 5) is 39.0. The van der Waals surface area contributed by atoms with Crippen LogP contribution in [0.15, 0.2) is 11.1 Å². The Bertz CT molecular complexity index is 828. The highest BCUT2D eigenvalue weighted by Gasteiger charge is 2.42. The van der Waals surface area contributed by atoms with E-state index in [0.717, 1.165) is 10.9 Å². The molecule has 0 aromatic carbocycles. The molecule has 134 valence electrons. The number of halogens is 3. The van der Waals surface area contributed by atoms with Gasteiger partial charge in [0.15, 0.2) is 17.3 Å². The molecule has 1 atom stereocenters. The molecule has 0 aliphatic carbocycles. The summed E-state index contributed by atoms with van der Waals surface area (Å²) in [7, 11) is -3.32. The summed E-state index contributed by atoms with van der Waals surface area (Å²) < 4.78 is 55.0. The third-order valence-electron chi connectivity index (χ3n) is 2.88. The number of aromatic nitrogens is 4. The largest absolute Gasteiger partial charge is 0.416 e. The Hall–Kier alpha value is -1.95. The fraction of sp³-hybridized carbons (Fsp3) is 0.500. The van der Waals surface area contributed by atoms with E-state index in [1.165, 1.54) is 7.05 Å². The summed E-state index contributed by atoms with van der Waals surface area (Å²) in [6.07, 6.45) is -7.83. The Morgan fingerprint density at radius 3 is 2.71 bits per heavy atom. The van der Waals surface area contributed by atoms with Crippen molar-refractivity contribution in [3.8, 4) is 0 Å². The highest BCUT2D eigenvalue weighted by Crippen LogP contribution is 2.36. The molecule has 2 rings (SSSR count). The fourth-order valence-electron chi connectivity index (χ4n) is 1.82. The molecule has 0 saturated heterocycles. The minimum absolute atomic E-state index is 0.0222. The lowest BCUT2D eigenvalue weighted by molar-refractivity contribution is -0.219. The van der Waals surface area contributed by atoms with Gasteiger partial charge in [0.1, 0.15) is 6.35 Å². The Balaban J connectivity index is 2.35. The summed E-state index contributed by atoms with van der Waals surface area (Å²) in [6.45, 7) is -0.875. The van der Waals surface area contributed by atoms with Crippen LogP contribution in [0, 0.1) is 0 Å². The van der Waals surface area contributed by atoms with Crippen molar-refractivity contribution in [1.82, 2.24) is 19.5 Å². The van der Waals surface area contributed by atoms with E-state index >= 15 is 0 Å². The second-order valence-corrected chi connectivity index (χ2v) is 6.31. The molecule has 10 nitrogen and oxygen atoms in total. The van der Waals surface area contributed by atoms with E-state index in [1.807, 2.05) is 0 Å². The van der Waals surface area contributed by atoms with Crippen LogP contribution in [0.1, 0.15) is 0 Å². The van der Waals surface area contributed by atoms with Crippen molar-refractivity contribution in [1.29, 1.82) is 0 Å². The minimum Gasteiger partial charge on any atom is -0.359 e. The molecular weight excluding hydrogens is 358 g/mol. The third-order valence-corrected chi connectivity index (χ3v) is 3.37. The second kappa shape index (κ2) is 6.51. The molecule has 1 unspecified atom stereocenters. The third kappa shape index (κ3) is 4.32. The Morgan fingerprint density at radius 1 is 1.50 bits per heavy atom. The standard InChI is InChI=1S/C10H13F3N5O5P/c1-14-9-16-7-6(8(19)17-9)15-3-18(7)2-5(10(11,12)13)23-4-24(20,21)22/h3,5H,2,4H2,1H3,(H2,20,21,22)(H2,14,16,17,19). The zero-order chi connectivity index (χ0) is 18.1. The maximum Gasteiger partial charge on any atom is 0.416 e. The lowest BCUT2D eigenvalue weighted by Crippen LogP contribution is -2.36. The smallest absolute Gasteiger partial charge is 0.359 e. The number of hydrogen-bond acceptors (Lipinski definition) is 6. The molecule has 2 heterocycles. The molecule has 2 aromatic heterocycles. The van der Waals surface area contributed by atoms with Crippen molar-refractivity contribution in [3.05, 3.63) is 16.7 Å². The first-order valence-electron chi connectivity index (χ1n) is 6.37. The van der Waals surface area contributed by atoms with Crippen LogP contribution < -0.4 is 10.9 Å². The Kier molecular flexibility index (Phi) is 4.99. The van der Waals surface area contributed by atoms with Gasteiger partial charge in [0, 0.05) is 7.05 Å². The van der Waals surface area contributed by atoms with Crippen LogP contribution in [0.2, 0.25) is 0 Å². The number of rotatable bonds is 6. The topological polar surface area (TPSA) is 142 Å². The number of imidazole rings is 1. The molecule has 0 amide bonds. The van der Waals surface area contributed by atoms with Gasteiger partial charge in [0.2, 0.25) is 5.95 Å². The van der Waals surface area contributed by atoms with Crippen LogP contribution in [0.3, 0.4) is 0 Å². The quantitative estimate of drug-likeness (QED) is 0.529. The molecule has 0 spiro atoms. The van der Waals surface area contributed by atoms with Crippen molar-refractivity contribution < 1.29 is 32.3 Å². The lowest BCUT2D eigenvalue weighted by Gasteiger charge is -2.21. The molecule has 4 N–H and O–H groups in total. The summed E-state index contributed by atoms with van der Waals surface area (Å²) >= 11 is 0. The number of aromatic amines is 1. The van der Waals surface area contributed by atoms with Crippen molar-refractivity contribution in [2.75, 3.05) is 18.7 Å². The maximum absolute atomic E-state index is 13.0. The predicted octanol–water partition coefficient (Wildman–Crippen LogP) is 0.244. The second-order valence-electron chi connectivity index (χ2n) is 4.72. The van der Waals surface area contributed by atoms with Gasteiger partial charge in [-0.2, -0.15) is 18.2 Å². The zero-order valence-corrected chi connectivity index (χ0v) is 13.0. The average molecular weight is 371 g/mol. The first-order chi connectivity index (χ1) is 11.0. The molecule has 0 bridgehead atoms. The molecule has 0 aliphatic heterocycles. The normalized spacial score (nSPS) is 14.1. The van der Waals surface area contributed by atoms with Crippen molar-refractivity contribution in [2.24, 2.45) is 0 Å². The molecule has 0 saturated carbocycles. The van der Waals surface area contributed by atoms with Gasteiger partial charge in [0.05, 0.1) is 12.9 Å². The van der Waals surface area contributed by atoms with Crippen LogP contribution in [-0.4, -0.2) is 55.0 Å². The van der Waals surface area contributed by atoms with E-state index in [0.29, 0.717) is 0 Å². The number of fused-ring (bicyclic) bond motifs is 1. The fourth-order valence-corrected chi connectivity index (χ4v) is 2.20. The first-order valence-corrected chi connectivity index (χ1v) is 8.17. The molecule has 2 aromatic rings.